The second-order valence-electron chi connectivity index (χ2n) is 7.88. The van der Waals surface area contributed by atoms with Crippen molar-refractivity contribution in [3.8, 4) is 11.1 Å². The number of amides is 1. The molecule has 34 heavy (non-hydrogen) atoms. The number of hydrogen-bond acceptors (Lipinski definition) is 5. The van der Waals surface area contributed by atoms with Crippen molar-refractivity contribution in [2.24, 2.45) is 4.99 Å². The smallest absolute Gasteiger partial charge is 0.412 e. The maximum absolute atomic E-state index is 14.8. The van der Waals surface area contributed by atoms with E-state index in [0.717, 1.165) is 11.1 Å². The Morgan fingerprint density at radius 1 is 1.09 bits per heavy atom. The molecule has 0 radical (unpaired) electrons. The van der Waals surface area contributed by atoms with Crippen LogP contribution in [0.3, 0.4) is 0 Å². The summed E-state index contributed by atoms with van der Waals surface area (Å²) in [7, 11) is 1.27. The number of aromatic amines is 1. The number of amidine groups is 1. The molecule has 0 bridgehead atoms. The molecule has 0 spiro atoms. The average molecular weight is 460 g/mol. The number of aromatic nitrogens is 2. The number of methoxy groups -OCH3 is 1. The summed E-state index contributed by atoms with van der Waals surface area (Å²) < 4.78 is 33.2. The predicted octanol–water partition coefficient (Wildman–Crippen LogP) is 4.40. The van der Waals surface area contributed by atoms with Gasteiger partial charge in [0.05, 0.1) is 23.9 Å². The van der Waals surface area contributed by atoms with Gasteiger partial charge in [-0.3, -0.25) is 10.1 Å². The highest BCUT2D eigenvalue weighted by Gasteiger charge is 2.18. The number of carbonyl (C=O) groups excluding carboxylic acids is 1. The van der Waals surface area contributed by atoms with Crippen LogP contribution in [-0.4, -0.2) is 29.2 Å². The van der Waals surface area contributed by atoms with E-state index in [9.17, 15) is 18.4 Å². The van der Waals surface area contributed by atoms with E-state index in [2.05, 4.69) is 25.2 Å². The topological polar surface area (TPSA) is 96.4 Å². The normalized spacial score (nSPS) is 12.4. The molecule has 1 aliphatic heterocycles. The van der Waals surface area contributed by atoms with Crippen molar-refractivity contribution in [2.75, 3.05) is 7.11 Å². The molecule has 0 fully saturated rings. The molecule has 0 saturated heterocycles. The van der Waals surface area contributed by atoms with Crippen LogP contribution in [0.15, 0.2) is 64.4 Å². The third-order valence-electron chi connectivity index (χ3n) is 5.67. The number of fused-ring (bicyclic) bond motifs is 2. The lowest BCUT2D eigenvalue weighted by molar-refractivity contribution is 0.176. The molecule has 2 heterocycles. The number of nitrogens with one attached hydrogen (secondary N) is 2. The van der Waals surface area contributed by atoms with E-state index in [1.54, 1.807) is 24.3 Å². The monoisotopic (exact) mass is 460 g/mol. The van der Waals surface area contributed by atoms with Crippen LogP contribution in [0, 0.1) is 11.6 Å². The second kappa shape index (κ2) is 8.51. The van der Waals surface area contributed by atoms with Gasteiger partial charge in [0.25, 0.3) is 5.56 Å². The second-order valence-corrected chi connectivity index (χ2v) is 7.88. The number of carbonyl (C=O) groups is 1. The molecule has 1 amide bonds. The molecule has 170 valence electrons. The van der Waals surface area contributed by atoms with Crippen molar-refractivity contribution in [2.45, 2.75) is 12.8 Å². The molecule has 2 N–H and O–H groups in total. The summed E-state index contributed by atoms with van der Waals surface area (Å²) >= 11 is 0. The minimum absolute atomic E-state index is 0.264. The summed E-state index contributed by atoms with van der Waals surface area (Å²) in [6.45, 7) is 0. The van der Waals surface area contributed by atoms with Crippen LogP contribution in [0.4, 0.5) is 19.3 Å². The van der Waals surface area contributed by atoms with Gasteiger partial charge in [-0.1, -0.05) is 18.2 Å². The Labute approximate surface area is 192 Å². The van der Waals surface area contributed by atoms with Crippen molar-refractivity contribution in [1.82, 2.24) is 15.5 Å². The lowest BCUT2D eigenvalue weighted by Crippen LogP contribution is -2.30. The average Bonchev–Trinajstić information content (AvgIpc) is 3.23. The Morgan fingerprint density at radius 2 is 1.94 bits per heavy atom. The first-order valence-corrected chi connectivity index (χ1v) is 10.4. The van der Waals surface area contributed by atoms with Crippen molar-refractivity contribution in [3.63, 3.8) is 0 Å². The third-order valence-corrected chi connectivity index (χ3v) is 5.67. The molecule has 3 aromatic carbocycles. The Morgan fingerprint density at radius 3 is 2.76 bits per heavy atom. The summed E-state index contributed by atoms with van der Waals surface area (Å²) in [4.78, 5) is 27.9. The fraction of sp³-hybridized carbons (Fsp3) is 0.120. The van der Waals surface area contributed by atoms with E-state index in [1.807, 2.05) is 6.07 Å². The van der Waals surface area contributed by atoms with E-state index in [4.69, 9.17) is 0 Å². The lowest BCUT2D eigenvalue weighted by Gasteiger charge is -2.10. The van der Waals surface area contributed by atoms with E-state index in [1.165, 1.54) is 31.4 Å². The van der Waals surface area contributed by atoms with Gasteiger partial charge < -0.3 is 4.74 Å². The summed E-state index contributed by atoms with van der Waals surface area (Å²) in [6, 6.07) is 14.0. The van der Waals surface area contributed by atoms with Crippen molar-refractivity contribution in [3.05, 3.63) is 93.4 Å². The Balaban J connectivity index is 1.49. The highest BCUT2D eigenvalue weighted by molar-refractivity contribution is 6.01. The molecule has 5 rings (SSSR count). The molecule has 4 aromatic rings. The molecular weight excluding hydrogens is 442 g/mol. The zero-order valence-electron chi connectivity index (χ0n) is 18.0. The van der Waals surface area contributed by atoms with Gasteiger partial charge >= 0.3 is 6.09 Å². The molecule has 0 atom stereocenters. The fourth-order valence-corrected chi connectivity index (χ4v) is 4.01. The predicted molar refractivity (Wildman–Crippen MR) is 123 cm³/mol. The minimum atomic E-state index is -0.603. The summed E-state index contributed by atoms with van der Waals surface area (Å²) in [5, 5.41) is 9.83. The largest absolute Gasteiger partial charge is 0.453 e. The van der Waals surface area contributed by atoms with Crippen LogP contribution in [-0.2, 0) is 17.6 Å². The minimum Gasteiger partial charge on any atom is -0.453 e. The first-order chi connectivity index (χ1) is 16.4. The maximum atomic E-state index is 14.8. The van der Waals surface area contributed by atoms with Gasteiger partial charge in [-0.05, 0) is 53.1 Å². The maximum Gasteiger partial charge on any atom is 0.412 e. The molecule has 0 aliphatic carbocycles. The van der Waals surface area contributed by atoms with Crippen molar-refractivity contribution < 1.29 is 18.3 Å². The van der Waals surface area contributed by atoms with Gasteiger partial charge in [-0.2, -0.15) is 5.10 Å². The highest BCUT2D eigenvalue weighted by Crippen LogP contribution is 2.33. The van der Waals surface area contributed by atoms with Gasteiger partial charge in [0.15, 0.2) is 0 Å². The molecule has 9 heteroatoms. The number of rotatable bonds is 3. The Hall–Kier alpha value is -4.40. The summed E-state index contributed by atoms with van der Waals surface area (Å²) in [5.74, 6) is -0.430. The van der Waals surface area contributed by atoms with Crippen molar-refractivity contribution >= 4 is 28.4 Å². The number of nitrogens with zero attached hydrogens (tertiary/aromatic N) is 2. The number of ether oxygens (including phenoxy) is 1. The molecule has 1 aliphatic rings. The van der Waals surface area contributed by atoms with E-state index >= 15 is 0 Å². The third kappa shape index (κ3) is 4.03. The first kappa shape index (κ1) is 21.4. The van der Waals surface area contributed by atoms with Gasteiger partial charge in [-0.15, -0.1) is 0 Å². The lowest BCUT2D eigenvalue weighted by atomic mass is 9.97. The Kier molecular flexibility index (Phi) is 5.37. The zero-order chi connectivity index (χ0) is 23.8. The van der Waals surface area contributed by atoms with Crippen LogP contribution in [0.1, 0.15) is 16.8 Å². The van der Waals surface area contributed by atoms with Gasteiger partial charge in [0.1, 0.15) is 17.5 Å². The van der Waals surface area contributed by atoms with Crippen LogP contribution in [0.25, 0.3) is 21.9 Å². The van der Waals surface area contributed by atoms with Gasteiger partial charge in [0.2, 0.25) is 0 Å². The van der Waals surface area contributed by atoms with E-state index < -0.39 is 23.3 Å². The standard InChI is InChI=1S/C25H18F2N4O3/c1-34-25(33)29-23-11-15-4-3-14(10-21(15)28-23)18-8-13(2-7-20(18)27)9-22-19-12-16(26)5-6-17(19)24(32)31-30-22/h2-8,10,12H,9,11H2,1H3,(H,31,32)(H,28,29,33). The number of aliphatic imine (C=N–C) groups is 1. The highest BCUT2D eigenvalue weighted by atomic mass is 19.1. The molecule has 7 nitrogen and oxygen atoms in total. The van der Waals surface area contributed by atoms with Gasteiger partial charge in [-0.25, -0.2) is 23.7 Å². The molecule has 0 unspecified atom stereocenters. The van der Waals surface area contributed by atoms with E-state index in [0.29, 0.717) is 45.5 Å². The summed E-state index contributed by atoms with van der Waals surface area (Å²) in [5.41, 5.74) is 3.33. The quantitative estimate of drug-likeness (QED) is 0.474. The van der Waals surface area contributed by atoms with Crippen LogP contribution in [0.5, 0.6) is 0 Å². The molecule has 0 saturated carbocycles. The van der Waals surface area contributed by atoms with E-state index in [-0.39, 0.29) is 6.42 Å². The number of halogens is 2. The number of hydrogen-bond donors (Lipinski definition) is 2. The zero-order valence-corrected chi connectivity index (χ0v) is 18.0. The van der Waals surface area contributed by atoms with Crippen LogP contribution < -0.4 is 10.9 Å². The number of H-pyrrole nitrogens is 1. The van der Waals surface area contributed by atoms with Crippen LogP contribution in [0.2, 0.25) is 0 Å². The molecular formula is C25H18F2N4O3. The number of benzene rings is 3. The number of alkyl carbamates (subject to hydrolysis) is 1. The molecule has 1 aromatic heterocycles. The summed E-state index contributed by atoms with van der Waals surface area (Å²) in [6.07, 6.45) is 0.100. The van der Waals surface area contributed by atoms with Crippen molar-refractivity contribution in [1.29, 1.82) is 0 Å². The van der Waals surface area contributed by atoms with Gasteiger partial charge in [0, 0.05) is 23.8 Å². The fourth-order valence-electron chi connectivity index (χ4n) is 4.01. The SMILES string of the molecule is COC(=O)NC1=Nc2cc(-c3cc(Cc4n[nH]c(=O)c5ccc(F)cc45)ccc3F)ccc2C1. The van der Waals surface area contributed by atoms with Crippen LogP contribution >= 0.6 is 0 Å². The Bertz CT molecular complexity index is 1550. The first-order valence-electron chi connectivity index (χ1n) is 10.4.